The van der Waals surface area contributed by atoms with Crippen LogP contribution < -0.4 is 15.5 Å². The van der Waals surface area contributed by atoms with E-state index in [-0.39, 0.29) is 12.5 Å². The summed E-state index contributed by atoms with van der Waals surface area (Å²) in [7, 11) is 0. The van der Waals surface area contributed by atoms with Crippen molar-refractivity contribution < 1.29 is 18.8 Å². The van der Waals surface area contributed by atoms with Crippen LogP contribution in [-0.2, 0) is 16.1 Å². The molecule has 1 aromatic heterocycles. The second-order valence-corrected chi connectivity index (χ2v) is 13.4. The molecule has 8 rings (SSSR count). The zero-order valence-electron chi connectivity index (χ0n) is 28.7. The molecule has 3 amide bonds. The first-order chi connectivity index (χ1) is 26.3. The molecule has 54 heavy (non-hydrogen) atoms. The Morgan fingerprint density at radius 1 is 0.759 bits per heavy atom. The lowest BCUT2D eigenvalue weighted by Gasteiger charge is -2.21. The van der Waals surface area contributed by atoms with E-state index in [1.165, 1.54) is 12.1 Å². The van der Waals surface area contributed by atoms with Crippen molar-refractivity contribution in [3.63, 3.8) is 0 Å². The minimum atomic E-state index is -1.11. The summed E-state index contributed by atoms with van der Waals surface area (Å²) < 4.78 is 14.9. The molecule has 3 N–H and O–H groups in total. The Hall–Kier alpha value is -6.77. The number of halogens is 2. The predicted molar refractivity (Wildman–Crippen MR) is 211 cm³/mol. The first-order valence-electron chi connectivity index (χ1n) is 17.3. The second kappa shape index (κ2) is 14.7. The van der Waals surface area contributed by atoms with Crippen LogP contribution in [0.25, 0.3) is 22.0 Å². The van der Waals surface area contributed by atoms with Crippen molar-refractivity contribution >= 4 is 62.7 Å². The first kappa shape index (κ1) is 34.3. The fraction of sp³-hybridized carbons (Fsp3) is 0.0444. The van der Waals surface area contributed by atoms with Crippen molar-refractivity contribution in [2.45, 2.75) is 12.6 Å². The number of H-pyrrole nitrogens is 1. The quantitative estimate of drug-likeness (QED) is 0.129. The highest BCUT2D eigenvalue weighted by atomic mass is 35.5. The first-order valence-corrected chi connectivity index (χ1v) is 17.7. The molecule has 264 valence electrons. The average Bonchev–Trinajstić information content (AvgIpc) is 3.74. The molecule has 7 nitrogen and oxygen atoms in total. The summed E-state index contributed by atoms with van der Waals surface area (Å²) in [5.74, 6) is -1.73. The fourth-order valence-corrected chi connectivity index (χ4v) is 6.99. The number of aromatic nitrogens is 1. The van der Waals surface area contributed by atoms with E-state index in [0.717, 1.165) is 16.5 Å². The number of fused-ring (bicyclic) bond motifs is 2. The van der Waals surface area contributed by atoms with Gasteiger partial charge in [-0.25, -0.2) is 4.39 Å². The van der Waals surface area contributed by atoms with Gasteiger partial charge in [0.25, 0.3) is 17.7 Å². The molecular formula is C45H32ClFN4O3. The van der Waals surface area contributed by atoms with Gasteiger partial charge in [-0.15, -0.1) is 0 Å². The Morgan fingerprint density at radius 3 is 2.20 bits per heavy atom. The summed E-state index contributed by atoms with van der Waals surface area (Å²) >= 11 is 6.20. The van der Waals surface area contributed by atoms with Crippen LogP contribution in [0.2, 0.25) is 5.02 Å². The summed E-state index contributed by atoms with van der Waals surface area (Å²) in [5, 5.41) is 7.36. The maximum atomic E-state index is 14.9. The third-order valence-electron chi connectivity index (χ3n) is 9.44. The van der Waals surface area contributed by atoms with Gasteiger partial charge in [-0.2, -0.15) is 0 Å². The molecule has 1 atom stereocenters. The third kappa shape index (κ3) is 6.78. The monoisotopic (exact) mass is 730 g/mol. The average molecular weight is 731 g/mol. The molecule has 0 spiro atoms. The second-order valence-electron chi connectivity index (χ2n) is 12.9. The van der Waals surface area contributed by atoms with Crippen LogP contribution in [0.1, 0.15) is 44.3 Å². The van der Waals surface area contributed by atoms with E-state index in [1.807, 2.05) is 72.8 Å². The van der Waals surface area contributed by atoms with Gasteiger partial charge in [0, 0.05) is 49.6 Å². The Labute approximate surface area is 315 Å². The molecule has 6 aromatic carbocycles. The number of benzene rings is 6. The molecule has 0 saturated carbocycles. The maximum absolute atomic E-state index is 14.9. The van der Waals surface area contributed by atoms with E-state index in [0.29, 0.717) is 55.5 Å². The van der Waals surface area contributed by atoms with Crippen molar-refractivity contribution in [1.29, 1.82) is 0 Å². The number of aromatic amines is 1. The standard InChI is InChI=1S/C45H32ClFN4O3/c46-32-21-19-29(20-22-32)42(50-43(52)30-13-5-2-6-14-30)44(53)49-37-18-10-8-16-34(37)40(38-25-31-15-7-9-17-36(31)48-38)41-35-24-23-33(47)26-39(35)51(45(41)54)27-28-11-3-1-4-12-28/h1-26,42,48H,27H2,(H,49,53)(H,50,52)/b41-40-/t42-/m0/s1. The number of carbonyl (C=O) groups excluding carboxylic acids is 3. The molecule has 2 heterocycles. The minimum absolute atomic E-state index is 0.224. The third-order valence-corrected chi connectivity index (χ3v) is 9.69. The van der Waals surface area contributed by atoms with Gasteiger partial charge in [-0.05, 0) is 71.8 Å². The van der Waals surface area contributed by atoms with Gasteiger partial charge in [-0.3, -0.25) is 14.4 Å². The Kier molecular flexibility index (Phi) is 9.34. The molecule has 0 radical (unpaired) electrons. The Morgan fingerprint density at radius 2 is 1.44 bits per heavy atom. The van der Waals surface area contributed by atoms with E-state index in [1.54, 1.807) is 77.7 Å². The van der Waals surface area contributed by atoms with Crippen LogP contribution >= 0.6 is 11.6 Å². The normalized spacial score (nSPS) is 13.7. The van der Waals surface area contributed by atoms with Crippen molar-refractivity contribution in [3.05, 3.63) is 202 Å². The molecule has 1 aliphatic heterocycles. The highest BCUT2D eigenvalue weighted by molar-refractivity contribution is 6.39. The molecule has 0 fully saturated rings. The maximum Gasteiger partial charge on any atom is 0.260 e. The van der Waals surface area contributed by atoms with Gasteiger partial charge in [-0.1, -0.05) is 109 Å². The van der Waals surface area contributed by atoms with Crippen molar-refractivity contribution in [2.24, 2.45) is 0 Å². The number of rotatable bonds is 9. The lowest BCUT2D eigenvalue weighted by Crippen LogP contribution is -2.37. The topological polar surface area (TPSA) is 94.3 Å². The van der Waals surface area contributed by atoms with E-state index in [2.05, 4.69) is 15.6 Å². The number of para-hydroxylation sites is 2. The van der Waals surface area contributed by atoms with Crippen LogP contribution in [0.15, 0.2) is 158 Å². The van der Waals surface area contributed by atoms with Crippen LogP contribution in [0.5, 0.6) is 0 Å². The number of nitrogens with zero attached hydrogens (tertiary/aromatic N) is 1. The Bertz CT molecular complexity index is 2540. The zero-order valence-corrected chi connectivity index (χ0v) is 29.5. The molecule has 1 aliphatic rings. The van der Waals surface area contributed by atoms with E-state index < -0.39 is 23.7 Å². The van der Waals surface area contributed by atoms with E-state index >= 15 is 0 Å². The number of carbonyl (C=O) groups is 3. The Balaban J connectivity index is 1.27. The van der Waals surface area contributed by atoms with E-state index in [9.17, 15) is 18.8 Å². The van der Waals surface area contributed by atoms with Crippen molar-refractivity contribution in [1.82, 2.24) is 10.3 Å². The molecule has 0 unspecified atom stereocenters. The summed E-state index contributed by atoms with van der Waals surface area (Å²) in [6, 6.07) is 45.1. The molecule has 9 heteroatoms. The summed E-state index contributed by atoms with van der Waals surface area (Å²) in [4.78, 5) is 47.7. The van der Waals surface area contributed by atoms with Gasteiger partial charge >= 0.3 is 0 Å². The number of nitrogens with one attached hydrogen (secondary N) is 3. The highest BCUT2D eigenvalue weighted by Crippen LogP contribution is 2.45. The van der Waals surface area contributed by atoms with Gasteiger partial charge in [0.05, 0.1) is 17.8 Å². The van der Waals surface area contributed by atoms with Crippen molar-refractivity contribution in [3.8, 4) is 0 Å². The molecule has 7 aromatic rings. The largest absolute Gasteiger partial charge is 0.354 e. The molecule has 0 aliphatic carbocycles. The molecule has 0 bridgehead atoms. The van der Waals surface area contributed by atoms with E-state index in [4.69, 9.17) is 11.6 Å². The van der Waals surface area contributed by atoms with Crippen LogP contribution in [-0.4, -0.2) is 22.7 Å². The predicted octanol–water partition coefficient (Wildman–Crippen LogP) is 9.58. The number of anilines is 2. The highest BCUT2D eigenvalue weighted by Gasteiger charge is 2.37. The fourth-order valence-electron chi connectivity index (χ4n) is 6.86. The molecule has 0 saturated heterocycles. The summed E-state index contributed by atoms with van der Waals surface area (Å²) in [5.41, 5.74) is 6.09. The number of hydrogen-bond donors (Lipinski definition) is 3. The summed E-state index contributed by atoms with van der Waals surface area (Å²) in [6.45, 7) is 0.224. The van der Waals surface area contributed by atoms with Gasteiger partial charge < -0.3 is 20.5 Å². The number of amides is 3. The lowest BCUT2D eigenvalue weighted by atomic mass is 9.91. The minimum Gasteiger partial charge on any atom is -0.354 e. The van der Waals surface area contributed by atoms with Crippen molar-refractivity contribution in [2.75, 3.05) is 10.2 Å². The van der Waals surface area contributed by atoms with Gasteiger partial charge in [0.2, 0.25) is 0 Å². The van der Waals surface area contributed by atoms with Crippen LogP contribution in [0, 0.1) is 5.82 Å². The smallest absolute Gasteiger partial charge is 0.260 e. The van der Waals surface area contributed by atoms with Crippen LogP contribution in [0.3, 0.4) is 0 Å². The SMILES string of the molecule is O=C(N[C@H](C(=O)Nc1ccccc1/C(=C1/C(=O)N(Cc2ccccc2)c2cc(F)ccc21)c1cc2ccccc2[nH]1)c1ccc(Cl)cc1)c1ccccc1. The zero-order chi connectivity index (χ0) is 37.2. The number of hydrogen-bond acceptors (Lipinski definition) is 3. The van der Waals surface area contributed by atoms with Gasteiger partial charge in [0.15, 0.2) is 0 Å². The van der Waals surface area contributed by atoms with Crippen LogP contribution in [0.4, 0.5) is 15.8 Å². The van der Waals surface area contributed by atoms with Gasteiger partial charge in [0.1, 0.15) is 11.9 Å². The molecular weight excluding hydrogens is 699 g/mol. The summed E-state index contributed by atoms with van der Waals surface area (Å²) in [6.07, 6.45) is 0. The lowest BCUT2D eigenvalue weighted by molar-refractivity contribution is -0.118.